The summed E-state index contributed by atoms with van der Waals surface area (Å²) in [4.78, 5) is 17.0. The maximum atomic E-state index is 12.5. The van der Waals surface area contributed by atoms with Gasteiger partial charge < -0.3 is 14.5 Å². The number of rotatable bonds is 5. The van der Waals surface area contributed by atoms with Crippen LogP contribution in [-0.2, 0) is 6.54 Å². The highest BCUT2D eigenvalue weighted by Gasteiger charge is 2.13. The van der Waals surface area contributed by atoms with E-state index in [0.29, 0.717) is 23.7 Å². The molecule has 4 aromatic rings. The number of aromatic nitrogens is 1. The predicted octanol–water partition coefficient (Wildman–Crippen LogP) is 5.20. The SMILES string of the molecule is COc1ccc(Br)cc1C(=O)NCc1ccc(-c2nc3ccccc3o2)cc1. The summed E-state index contributed by atoms with van der Waals surface area (Å²) >= 11 is 3.38. The molecule has 0 radical (unpaired) electrons. The van der Waals surface area contributed by atoms with Crippen molar-refractivity contribution in [2.24, 2.45) is 0 Å². The first-order valence-corrected chi connectivity index (χ1v) is 9.50. The van der Waals surface area contributed by atoms with Gasteiger partial charge in [0.1, 0.15) is 11.3 Å². The number of para-hydroxylation sites is 2. The van der Waals surface area contributed by atoms with Crippen molar-refractivity contribution < 1.29 is 13.9 Å². The van der Waals surface area contributed by atoms with Gasteiger partial charge in [-0.25, -0.2) is 4.98 Å². The van der Waals surface area contributed by atoms with Crippen LogP contribution in [0.25, 0.3) is 22.6 Å². The Bertz CT molecular complexity index is 1100. The molecule has 0 saturated carbocycles. The van der Waals surface area contributed by atoms with E-state index in [0.717, 1.165) is 26.7 Å². The third-order valence-electron chi connectivity index (χ3n) is 4.35. The van der Waals surface area contributed by atoms with Crippen molar-refractivity contribution in [3.05, 3.63) is 82.3 Å². The lowest BCUT2D eigenvalue weighted by atomic mass is 10.1. The molecule has 1 N–H and O–H groups in total. The molecule has 28 heavy (non-hydrogen) atoms. The topological polar surface area (TPSA) is 64.4 Å². The summed E-state index contributed by atoms with van der Waals surface area (Å²) in [5.41, 5.74) is 3.94. The first-order valence-electron chi connectivity index (χ1n) is 8.70. The van der Waals surface area contributed by atoms with Gasteiger partial charge in [0.25, 0.3) is 5.91 Å². The van der Waals surface area contributed by atoms with E-state index in [1.807, 2.05) is 54.6 Å². The van der Waals surface area contributed by atoms with Gasteiger partial charge in [0.2, 0.25) is 5.89 Å². The van der Waals surface area contributed by atoms with Gasteiger partial charge in [-0.15, -0.1) is 0 Å². The molecular weight excluding hydrogens is 420 g/mol. The van der Waals surface area contributed by atoms with Crippen molar-refractivity contribution in [3.63, 3.8) is 0 Å². The molecule has 1 aromatic heterocycles. The molecule has 140 valence electrons. The molecule has 0 aliphatic rings. The van der Waals surface area contributed by atoms with Crippen molar-refractivity contribution in [1.29, 1.82) is 0 Å². The summed E-state index contributed by atoms with van der Waals surface area (Å²) in [5.74, 6) is 0.920. The highest BCUT2D eigenvalue weighted by Crippen LogP contribution is 2.25. The highest BCUT2D eigenvalue weighted by molar-refractivity contribution is 9.10. The second-order valence-corrected chi connectivity index (χ2v) is 7.13. The average molecular weight is 437 g/mol. The Hall–Kier alpha value is -3.12. The summed E-state index contributed by atoms with van der Waals surface area (Å²) in [6.45, 7) is 0.405. The molecule has 5 nitrogen and oxygen atoms in total. The zero-order valence-corrected chi connectivity index (χ0v) is 16.7. The summed E-state index contributed by atoms with van der Waals surface area (Å²) < 4.78 is 11.9. The van der Waals surface area contributed by atoms with Gasteiger partial charge in [-0.3, -0.25) is 4.79 Å². The molecule has 3 aromatic carbocycles. The molecule has 0 atom stereocenters. The van der Waals surface area contributed by atoms with Crippen LogP contribution in [-0.4, -0.2) is 18.0 Å². The third kappa shape index (κ3) is 3.77. The third-order valence-corrected chi connectivity index (χ3v) is 4.85. The summed E-state index contributed by atoms with van der Waals surface area (Å²) in [5, 5.41) is 2.92. The molecule has 0 spiro atoms. The Morgan fingerprint density at radius 2 is 1.89 bits per heavy atom. The van der Waals surface area contributed by atoms with Crippen molar-refractivity contribution >= 4 is 32.9 Å². The zero-order chi connectivity index (χ0) is 19.5. The molecule has 6 heteroatoms. The van der Waals surface area contributed by atoms with E-state index < -0.39 is 0 Å². The van der Waals surface area contributed by atoms with E-state index in [1.54, 1.807) is 19.2 Å². The van der Waals surface area contributed by atoms with Crippen molar-refractivity contribution in [2.75, 3.05) is 7.11 Å². The van der Waals surface area contributed by atoms with E-state index in [4.69, 9.17) is 9.15 Å². The maximum Gasteiger partial charge on any atom is 0.255 e. The van der Waals surface area contributed by atoms with Gasteiger partial charge in [-0.2, -0.15) is 0 Å². The lowest BCUT2D eigenvalue weighted by Gasteiger charge is -2.10. The van der Waals surface area contributed by atoms with Crippen molar-refractivity contribution in [1.82, 2.24) is 10.3 Å². The van der Waals surface area contributed by atoms with E-state index in [1.165, 1.54) is 0 Å². The van der Waals surface area contributed by atoms with Crippen molar-refractivity contribution in [3.8, 4) is 17.2 Å². The normalized spacial score (nSPS) is 10.8. The number of hydrogen-bond donors (Lipinski definition) is 1. The molecule has 0 unspecified atom stereocenters. The molecule has 1 amide bonds. The lowest BCUT2D eigenvalue weighted by Crippen LogP contribution is -2.23. The second kappa shape index (κ2) is 7.86. The van der Waals surface area contributed by atoms with Gasteiger partial charge in [-0.05, 0) is 48.0 Å². The second-order valence-electron chi connectivity index (χ2n) is 6.21. The van der Waals surface area contributed by atoms with Crippen LogP contribution in [0.4, 0.5) is 0 Å². The zero-order valence-electron chi connectivity index (χ0n) is 15.1. The van der Waals surface area contributed by atoms with Crippen LogP contribution >= 0.6 is 15.9 Å². The first kappa shape index (κ1) is 18.3. The largest absolute Gasteiger partial charge is 0.496 e. The standard InChI is InChI=1S/C22H17BrN2O3/c1-27-19-11-10-16(23)12-17(19)21(26)24-13-14-6-8-15(9-7-14)22-25-18-4-2-3-5-20(18)28-22/h2-12H,13H2,1H3,(H,24,26). The molecule has 0 fully saturated rings. The molecule has 4 rings (SSSR count). The fraction of sp³-hybridized carbons (Fsp3) is 0.0909. The Labute approximate surface area is 170 Å². The minimum Gasteiger partial charge on any atom is -0.496 e. The number of ether oxygens (including phenoxy) is 1. The van der Waals surface area contributed by atoms with Crippen LogP contribution in [0.15, 0.2) is 75.6 Å². The number of fused-ring (bicyclic) bond motifs is 1. The number of hydrogen-bond acceptors (Lipinski definition) is 4. The minimum atomic E-state index is -0.193. The lowest BCUT2D eigenvalue weighted by molar-refractivity contribution is 0.0948. The van der Waals surface area contributed by atoms with Crippen LogP contribution in [0.2, 0.25) is 0 Å². The number of nitrogens with zero attached hydrogens (tertiary/aromatic N) is 1. The fourth-order valence-electron chi connectivity index (χ4n) is 2.90. The number of halogens is 1. The number of benzene rings is 3. The van der Waals surface area contributed by atoms with Gasteiger partial charge in [0.05, 0.1) is 12.7 Å². The van der Waals surface area contributed by atoms with Crippen molar-refractivity contribution in [2.45, 2.75) is 6.54 Å². The maximum absolute atomic E-state index is 12.5. The monoisotopic (exact) mass is 436 g/mol. The van der Waals surface area contributed by atoms with Crippen LogP contribution in [0.3, 0.4) is 0 Å². The number of amides is 1. The van der Waals surface area contributed by atoms with E-state index in [-0.39, 0.29) is 5.91 Å². The van der Waals surface area contributed by atoms with Gasteiger partial charge in [-0.1, -0.05) is 40.2 Å². The van der Waals surface area contributed by atoms with Crippen LogP contribution in [0.1, 0.15) is 15.9 Å². The highest BCUT2D eigenvalue weighted by atomic mass is 79.9. The Kier molecular flexibility index (Phi) is 5.12. The predicted molar refractivity (Wildman–Crippen MR) is 111 cm³/mol. The fourth-order valence-corrected chi connectivity index (χ4v) is 3.26. The van der Waals surface area contributed by atoms with E-state index in [9.17, 15) is 4.79 Å². The number of methoxy groups -OCH3 is 1. The van der Waals surface area contributed by atoms with Crippen LogP contribution in [0, 0.1) is 0 Å². The Morgan fingerprint density at radius 3 is 2.64 bits per heavy atom. The van der Waals surface area contributed by atoms with Gasteiger partial charge in [0, 0.05) is 16.6 Å². The van der Waals surface area contributed by atoms with Crippen LogP contribution in [0.5, 0.6) is 5.75 Å². The molecule has 0 bridgehead atoms. The van der Waals surface area contributed by atoms with Crippen LogP contribution < -0.4 is 10.1 Å². The average Bonchev–Trinajstić information content (AvgIpc) is 3.16. The molecule has 0 aliphatic carbocycles. The van der Waals surface area contributed by atoms with E-state index >= 15 is 0 Å². The van der Waals surface area contributed by atoms with Gasteiger partial charge >= 0.3 is 0 Å². The number of nitrogens with one attached hydrogen (secondary N) is 1. The molecule has 0 saturated heterocycles. The smallest absolute Gasteiger partial charge is 0.255 e. The number of carbonyl (C=O) groups excluding carboxylic acids is 1. The summed E-state index contributed by atoms with van der Waals surface area (Å²) in [6, 6.07) is 20.8. The summed E-state index contributed by atoms with van der Waals surface area (Å²) in [6.07, 6.45) is 0. The Balaban J connectivity index is 1.46. The molecule has 1 heterocycles. The number of oxazole rings is 1. The minimum absolute atomic E-state index is 0.193. The quantitative estimate of drug-likeness (QED) is 0.467. The molecular formula is C22H17BrN2O3. The first-order chi connectivity index (χ1) is 13.6. The van der Waals surface area contributed by atoms with E-state index in [2.05, 4.69) is 26.2 Å². The number of carbonyl (C=O) groups is 1. The van der Waals surface area contributed by atoms with Gasteiger partial charge in [0.15, 0.2) is 5.58 Å². The Morgan fingerprint density at radius 1 is 1.11 bits per heavy atom. The summed E-state index contributed by atoms with van der Waals surface area (Å²) in [7, 11) is 1.55. The molecule has 0 aliphatic heterocycles.